The maximum Gasteiger partial charge on any atom is 0.270 e. The molecule has 0 unspecified atom stereocenters. The molecule has 64 valence electrons. The maximum atomic E-state index is 10.4. The molecule has 0 heterocycles. The summed E-state index contributed by atoms with van der Waals surface area (Å²) in [5, 5.41) is 10.4. The van der Waals surface area contributed by atoms with Gasteiger partial charge >= 0.3 is 0 Å². The molecule has 0 amide bonds. The fourth-order valence-corrected chi connectivity index (χ4v) is 1.18. The average molecular weight is 186 g/mol. The van der Waals surface area contributed by atoms with Crippen molar-refractivity contribution in [3.63, 3.8) is 0 Å². The van der Waals surface area contributed by atoms with Crippen molar-refractivity contribution in [2.75, 3.05) is 0 Å². The van der Waals surface area contributed by atoms with Crippen LogP contribution in [-0.4, -0.2) is 4.92 Å². The first-order valence-electron chi connectivity index (χ1n) is 3.44. The van der Waals surface area contributed by atoms with Crippen molar-refractivity contribution < 1.29 is 4.92 Å². The van der Waals surface area contributed by atoms with Gasteiger partial charge in [-0.15, -0.1) is 11.6 Å². The number of benzene rings is 1. The first-order chi connectivity index (χ1) is 5.63. The Hall–Kier alpha value is -1.09. The Kier molecular flexibility index (Phi) is 2.65. The second-order valence-corrected chi connectivity index (χ2v) is 2.83. The smallest absolute Gasteiger partial charge is 0.258 e. The van der Waals surface area contributed by atoms with Crippen molar-refractivity contribution in [1.82, 2.24) is 0 Å². The van der Waals surface area contributed by atoms with Gasteiger partial charge in [0.05, 0.1) is 4.92 Å². The zero-order chi connectivity index (χ0) is 9.14. The number of aryl methyl sites for hydroxylation is 1. The number of hydrogen-bond acceptors (Lipinski definition) is 2. The molecule has 0 aromatic heterocycles. The van der Waals surface area contributed by atoms with E-state index >= 15 is 0 Å². The Bertz CT molecular complexity index is 312. The lowest BCUT2D eigenvalue weighted by molar-refractivity contribution is -0.385. The minimum absolute atomic E-state index is 0.102. The average Bonchev–Trinajstić information content (AvgIpc) is 2.03. The number of nitrogens with zero attached hydrogens (tertiary/aromatic N) is 1. The molecule has 12 heavy (non-hydrogen) atoms. The highest BCUT2D eigenvalue weighted by Crippen LogP contribution is 2.17. The number of alkyl halides is 1. The minimum atomic E-state index is -0.414. The van der Waals surface area contributed by atoms with Gasteiger partial charge in [0.15, 0.2) is 0 Å². The standard InChI is InChI=1S/C8H8ClNO2/c1-6-2-7(5-9)4-8(3-6)10(11)12/h2-4H,5H2,1H3. The lowest BCUT2D eigenvalue weighted by Gasteiger charge is -1.97. The van der Waals surface area contributed by atoms with Gasteiger partial charge in [-0.3, -0.25) is 10.1 Å². The van der Waals surface area contributed by atoms with Crippen molar-refractivity contribution in [2.24, 2.45) is 0 Å². The van der Waals surface area contributed by atoms with E-state index in [2.05, 4.69) is 0 Å². The molecule has 0 bridgehead atoms. The fourth-order valence-electron chi connectivity index (χ4n) is 1.02. The van der Waals surface area contributed by atoms with E-state index in [0.717, 1.165) is 11.1 Å². The highest BCUT2D eigenvalue weighted by atomic mass is 35.5. The third-order valence-corrected chi connectivity index (χ3v) is 1.80. The molecule has 0 aliphatic heterocycles. The number of rotatable bonds is 2. The molecule has 0 saturated heterocycles. The monoisotopic (exact) mass is 185 g/mol. The lowest BCUT2D eigenvalue weighted by Crippen LogP contribution is -1.90. The third-order valence-electron chi connectivity index (χ3n) is 1.49. The molecular weight excluding hydrogens is 178 g/mol. The van der Waals surface area contributed by atoms with Gasteiger partial charge in [0.25, 0.3) is 5.69 Å². The molecule has 0 aliphatic rings. The molecule has 0 fully saturated rings. The Morgan fingerprint density at radius 1 is 1.50 bits per heavy atom. The van der Waals surface area contributed by atoms with Crippen LogP contribution < -0.4 is 0 Å². The van der Waals surface area contributed by atoms with Crippen molar-refractivity contribution in [3.05, 3.63) is 39.4 Å². The molecule has 0 aliphatic carbocycles. The summed E-state index contributed by atoms with van der Waals surface area (Å²) in [4.78, 5) is 9.97. The van der Waals surface area contributed by atoms with Crippen LogP contribution in [0.2, 0.25) is 0 Å². The summed E-state index contributed by atoms with van der Waals surface area (Å²) in [5.74, 6) is 0.308. The summed E-state index contributed by atoms with van der Waals surface area (Å²) in [6, 6.07) is 4.84. The molecule has 1 aromatic rings. The molecule has 0 N–H and O–H groups in total. The van der Waals surface area contributed by atoms with Gasteiger partial charge in [0.2, 0.25) is 0 Å². The Labute approximate surface area is 75.1 Å². The van der Waals surface area contributed by atoms with E-state index in [1.54, 1.807) is 0 Å². The van der Waals surface area contributed by atoms with E-state index < -0.39 is 4.92 Å². The predicted octanol–water partition coefficient (Wildman–Crippen LogP) is 2.64. The quantitative estimate of drug-likeness (QED) is 0.404. The molecule has 1 aromatic carbocycles. The first kappa shape index (κ1) is 9.00. The maximum absolute atomic E-state index is 10.4. The molecule has 0 atom stereocenters. The lowest BCUT2D eigenvalue weighted by atomic mass is 10.1. The second kappa shape index (κ2) is 3.54. The van der Waals surface area contributed by atoms with E-state index in [1.165, 1.54) is 12.1 Å². The summed E-state index contributed by atoms with van der Waals surface area (Å²) < 4.78 is 0. The van der Waals surface area contributed by atoms with Crippen LogP contribution in [0.1, 0.15) is 11.1 Å². The molecule has 0 spiro atoms. The van der Waals surface area contributed by atoms with Gasteiger partial charge in [-0.1, -0.05) is 6.07 Å². The highest BCUT2D eigenvalue weighted by molar-refractivity contribution is 6.17. The largest absolute Gasteiger partial charge is 0.270 e. The Balaban J connectivity index is 3.15. The molecular formula is C8H8ClNO2. The van der Waals surface area contributed by atoms with Crippen LogP contribution in [0.25, 0.3) is 0 Å². The van der Waals surface area contributed by atoms with Crippen LogP contribution in [0.3, 0.4) is 0 Å². The van der Waals surface area contributed by atoms with Crippen LogP contribution in [0.15, 0.2) is 18.2 Å². The van der Waals surface area contributed by atoms with E-state index in [9.17, 15) is 10.1 Å². The second-order valence-electron chi connectivity index (χ2n) is 2.57. The van der Waals surface area contributed by atoms with E-state index in [-0.39, 0.29) is 5.69 Å². The fraction of sp³-hybridized carbons (Fsp3) is 0.250. The normalized spacial score (nSPS) is 9.83. The van der Waals surface area contributed by atoms with Crippen LogP contribution in [0.5, 0.6) is 0 Å². The van der Waals surface area contributed by atoms with E-state index in [4.69, 9.17) is 11.6 Å². The molecule has 3 nitrogen and oxygen atoms in total. The summed E-state index contributed by atoms with van der Waals surface area (Å²) in [5.41, 5.74) is 1.74. The zero-order valence-electron chi connectivity index (χ0n) is 6.58. The first-order valence-corrected chi connectivity index (χ1v) is 3.98. The summed E-state index contributed by atoms with van der Waals surface area (Å²) >= 11 is 5.55. The van der Waals surface area contributed by atoms with E-state index in [0.29, 0.717) is 5.88 Å². The minimum Gasteiger partial charge on any atom is -0.258 e. The van der Waals surface area contributed by atoms with Gasteiger partial charge in [0.1, 0.15) is 0 Å². The Morgan fingerprint density at radius 2 is 2.17 bits per heavy atom. The number of halogens is 1. The van der Waals surface area contributed by atoms with Gasteiger partial charge < -0.3 is 0 Å². The Morgan fingerprint density at radius 3 is 2.67 bits per heavy atom. The topological polar surface area (TPSA) is 43.1 Å². The SMILES string of the molecule is Cc1cc(CCl)cc([N+](=O)[O-])c1. The molecule has 4 heteroatoms. The van der Waals surface area contributed by atoms with Crippen LogP contribution in [-0.2, 0) is 5.88 Å². The number of nitro benzene ring substituents is 1. The van der Waals surface area contributed by atoms with Gasteiger partial charge in [-0.2, -0.15) is 0 Å². The zero-order valence-corrected chi connectivity index (χ0v) is 7.34. The molecule has 1 rings (SSSR count). The number of hydrogen-bond donors (Lipinski definition) is 0. The van der Waals surface area contributed by atoms with Crippen molar-refractivity contribution in [3.8, 4) is 0 Å². The van der Waals surface area contributed by atoms with Crippen molar-refractivity contribution in [1.29, 1.82) is 0 Å². The highest BCUT2D eigenvalue weighted by Gasteiger charge is 2.06. The van der Waals surface area contributed by atoms with Crippen molar-refractivity contribution in [2.45, 2.75) is 12.8 Å². The van der Waals surface area contributed by atoms with Crippen LogP contribution in [0, 0.1) is 17.0 Å². The van der Waals surface area contributed by atoms with Crippen molar-refractivity contribution >= 4 is 17.3 Å². The van der Waals surface area contributed by atoms with Gasteiger partial charge in [-0.25, -0.2) is 0 Å². The van der Waals surface area contributed by atoms with Gasteiger partial charge in [-0.05, 0) is 18.1 Å². The number of nitro groups is 1. The summed E-state index contributed by atoms with van der Waals surface area (Å²) in [6.07, 6.45) is 0. The predicted molar refractivity (Wildman–Crippen MR) is 47.4 cm³/mol. The van der Waals surface area contributed by atoms with Crippen LogP contribution in [0.4, 0.5) is 5.69 Å². The van der Waals surface area contributed by atoms with E-state index in [1.807, 2.05) is 13.0 Å². The summed E-state index contributed by atoms with van der Waals surface area (Å²) in [6.45, 7) is 1.81. The van der Waals surface area contributed by atoms with Crippen LogP contribution >= 0.6 is 11.6 Å². The summed E-state index contributed by atoms with van der Waals surface area (Å²) in [7, 11) is 0. The number of non-ortho nitro benzene ring substituents is 1. The molecule has 0 radical (unpaired) electrons. The van der Waals surface area contributed by atoms with Gasteiger partial charge in [0, 0.05) is 18.0 Å². The third kappa shape index (κ3) is 1.95. The molecule has 0 saturated carbocycles.